The minimum Gasteiger partial charge on any atom is -0.309 e. The SMILES string of the molecule is CCNC(Cc1cccc2ccccc12)c1ccncn1. The normalized spacial score (nSPS) is 12.4. The monoisotopic (exact) mass is 277 g/mol. The van der Waals surface area contributed by atoms with Gasteiger partial charge in [0.2, 0.25) is 0 Å². The molecule has 0 aliphatic carbocycles. The third-order valence-electron chi connectivity index (χ3n) is 3.72. The van der Waals surface area contributed by atoms with E-state index >= 15 is 0 Å². The molecule has 0 amide bonds. The second-order valence-electron chi connectivity index (χ2n) is 5.09. The molecule has 1 N–H and O–H groups in total. The Balaban J connectivity index is 1.95. The van der Waals surface area contributed by atoms with E-state index in [1.165, 1.54) is 16.3 Å². The first-order chi connectivity index (χ1) is 10.4. The van der Waals surface area contributed by atoms with Crippen LogP contribution in [0.1, 0.15) is 24.2 Å². The smallest absolute Gasteiger partial charge is 0.115 e. The fraction of sp³-hybridized carbons (Fsp3) is 0.222. The molecule has 0 aliphatic heterocycles. The molecule has 1 unspecified atom stereocenters. The van der Waals surface area contributed by atoms with Gasteiger partial charge in [0.15, 0.2) is 0 Å². The number of rotatable bonds is 5. The molecule has 0 radical (unpaired) electrons. The van der Waals surface area contributed by atoms with Crippen molar-refractivity contribution in [2.24, 2.45) is 0 Å². The van der Waals surface area contributed by atoms with Gasteiger partial charge in [-0.2, -0.15) is 0 Å². The van der Waals surface area contributed by atoms with Crippen LogP contribution in [-0.2, 0) is 6.42 Å². The van der Waals surface area contributed by atoms with Gasteiger partial charge in [0.25, 0.3) is 0 Å². The third-order valence-corrected chi connectivity index (χ3v) is 3.72. The molecule has 0 spiro atoms. The Morgan fingerprint density at radius 3 is 2.71 bits per heavy atom. The number of likely N-dealkylation sites (N-methyl/N-ethyl adjacent to an activating group) is 1. The van der Waals surface area contributed by atoms with Crippen molar-refractivity contribution in [3.8, 4) is 0 Å². The van der Waals surface area contributed by atoms with E-state index in [2.05, 4.69) is 64.7 Å². The van der Waals surface area contributed by atoms with Crippen molar-refractivity contribution in [1.82, 2.24) is 15.3 Å². The first-order valence-corrected chi connectivity index (χ1v) is 7.34. The van der Waals surface area contributed by atoms with Crippen molar-refractivity contribution in [2.45, 2.75) is 19.4 Å². The van der Waals surface area contributed by atoms with Crippen LogP contribution in [0.5, 0.6) is 0 Å². The highest BCUT2D eigenvalue weighted by Gasteiger charge is 2.13. The van der Waals surface area contributed by atoms with Gasteiger partial charge in [-0.05, 0) is 35.4 Å². The van der Waals surface area contributed by atoms with Crippen LogP contribution in [0.4, 0.5) is 0 Å². The molecule has 3 rings (SSSR count). The minimum atomic E-state index is 0.212. The summed E-state index contributed by atoms with van der Waals surface area (Å²) in [6.07, 6.45) is 4.34. The molecule has 21 heavy (non-hydrogen) atoms. The summed E-state index contributed by atoms with van der Waals surface area (Å²) in [5, 5.41) is 6.12. The maximum Gasteiger partial charge on any atom is 0.115 e. The summed E-state index contributed by atoms with van der Waals surface area (Å²) in [6.45, 7) is 3.04. The predicted octanol–water partition coefficient (Wildman–Crippen LogP) is 3.52. The van der Waals surface area contributed by atoms with Crippen LogP contribution in [0.25, 0.3) is 10.8 Å². The first-order valence-electron chi connectivity index (χ1n) is 7.34. The molecule has 0 bridgehead atoms. The average molecular weight is 277 g/mol. The van der Waals surface area contributed by atoms with E-state index < -0.39 is 0 Å². The quantitative estimate of drug-likeness (QED) is 0.775. The molecule has 3 heteroatoms. The number of hydrogen-bond acceptors (Lipinski definition) is 3. The van der Waals surface area contributed by atoms with E-state index in [9.17, 15) is 0 Å². The van der Waals surface area contributed by atoms with Crippen molar-refractivity contribution in [3.63, 3.8) is 0 Å². The van der Waals surface area contributed by atoms with Gasteiger partial charge < -0.3 is 5.32 Å². The Bertz CT molecular complexity index is 704. The van der Waals surface area contributed by atoms with Gasteiger partial charge in [-0.1, -0.05) is 49.4 Å². The van der Waals surface area contributed by atoms with Crippen LogP contribution in [0, 0.1) is 0 Å². The topological polar surface area (TPSA) is 37.8 Å². The molecular weight excluding hydrogens is 258 g/mol. The first kappa shape index (κ1) is 13.7. The second kappa shape index (κ2) is 6.46. The summed E-state index contributed by atoms with van der Waals surface area (Å²) >= 11 is 0. The zero-order chi connectivity index (χ0) is 14.5. The van der Waals surface area contributed by atoms with Crippen molar-refractivity contribution in [1.29, 1.82) is 0 Å². The molecule has 1 heterocycles. The van der Waals surface area contributed by atoms with Crippen molar-refractivity contribution in [3.05, 3.63) is 72.3 Å². The highest BCUT2D eigenvalue weighted by atomic mass is 14.9. The number of aromatic nitrogens is 2. The lowest BCUT2D eigenvalue weighted by atomic mass is 9.97. The van der Waals surface area contributed by atoms with E-state index in [-0.39, 0.29) is 6.04 Å². The summed E-state index contributed by atoms with van der Waals surface area (Å²) in [5.41, 5.74) is 2.39. The number of fused-ring (bicyclic) bond motifs is 1. The Labute approximate surface area is 125 Å². The second-order valence-corrected chi connectivity index (χ2v) is 5.09. The molecule has 1 atom stereocenters. The summed E-state index contributed by atoms with van der Waals surface area (Å²) < 4.78 is 0. The third kappa shape index (κ3) is 3.09. The van der Waals surface area contributed by atoms with E-state index in [4.69, 9.17) is 0 Å². The fourth-order valence-electron chi connectivity index (χ4n) is 2.73. The molecule has 0 saturated carbocycles. The highest BCUT2D eigenvalue weighted by molar-refractivity contribution is 5.85. The molecule has 106 valence electrons. The van der Waals surface area contributed by atoms with Gasteiger partial charge in [-0.25, -0.2) is 9.97 Å². The molecule has 0 fully saturated rings. The van der Waals surface area contributed by atoms with Gasteiger partial charge >= 0.3 is 0 Å². The maximum atomic E-state index is 4.40. The molecule has 3 aromatic rings. The Hall–Kier alpha value is -2.26. The van der Waals surface area contributed by atoms with E-state index in [1.807, 2.05) is 6.07 Å². The van der Waals surface area contributed by atoms with Crippen LogP contribution >= 0.6 is 0 Å². The van der Waals surface area contributed by atoms with Crippen molar-refractivity contribution < 1.29 is 0 Å². The van der Waals surface area contributed by atoms with E-state index in [0.29, 0.717) is 0 Å². The Morgan fingerprint density at radius 1 is 1.05 bits per heavy atom. The maximum absolute atomic E-state index is 4.40. The van der Waals surface area contributed by atoms with E-state index in [0.717, 1.165) is 18.7 Å². The lowest BCUT2D eigenvalue weighted by Gasteiger charge is -2.18. The minimum absolute atomic E-state index is 0.212. The number of nitrogens with zero attached hydrogens (tertiary/aromatic N) is 2. The summed E-state index contributed by atoms with van der Waals surface area (Å²) in [4.78, 5) is 8.41. The summed E-state index contributed by atoms with van der Waals surface area (Å²) in [7, 11) is 0. The lowest BCUT2D eigenvalue weighted by molar-refractivity contribution is 0.537. The van der Waals surface area contributed by atoms with Gasteiger partial charge in [-0.15, -0.1) is 0 Å². The van der Waals surface area contributed by atoms with Crippen LogP contribution in [0.15, 0.2) is 61.1 Å². The van der Waals surface area contributed by atoms with Crippen LogP contribution in [0.2, 0.25) is 0 Å². The molecule has 0 saturated heterocycles. The molecule has 3 nitrogen and oxygen atoms in total. The summed E-state index contributed by atoms with van der Waals surface area (Å²) in [6, 6.07) is 17.2. The zero-order valence-corrected chi connectivity index (χ0v) is 12.2. The highest BCUT2D eigenvalue weighted by Crippen LogP contribution is 2.23. The van der Waals surface area contributed by atoms with Crippen molar-refractivity contribution >= 4 is 10.8 Å². The van der Waals surface area contributed by atoms with Crippen LogP contribution < -0.4 is 5.32 Å². The number of hydrogen-bond donors (Lipinski definition) is 1. The van der Waals surface area contributed by atoms with Gasteiger partial charge in [0.1, 0.15) is 6.33 Å². The average Bonchev–Trinajstić information content (AvgIpc) is 2.55. The molecule has 0 aliphatic rings. The van der Waals surface area contributed by atoms with Gasteiger partial charge in [0.05, 0.1) is 11.7 Å². The Morgan fingerprint density at radius 2 is 1.90 bits per heavy atom. The van der Waals surface area contributed by atoms with Crippen LogP contribution in [-0.4, -0.2) is 16.5 Å². The Kier molecular flexibility index (Phi) is 4.22. The molecule has 2 aromatic carbocycles. The molecular formula is C18H19N3. The fourth-order valence-corrected chi connectivity index (χ4v) is 2.73. The van der Waals surface area contributed by atoms with Gasteiger partial charge in [-0.3, -0.25) is 0 Å². The van der Waals surface area contributed by atoms with E-state index in [1.54, 1.807) is 12.5 Å². The summed E-state index contributed by atoms with van der Waals surface area (Å²) in [5.74, 6) is 0. The van der Waals surface area contributed by atoms with Crippen molar-refractivity contribution in [2.75, 3.05) is 6.54 Å². The van der Waals surface area contributed by atoms with Gasteiger partial charge in [0, 0.05) is 6.20 Å². The lowest BCUT2D eigenvalue weighted by Crippen LogP contribution is -2.24. The predicted molar refractivity (Wildman–Crippen MR) is 86.1 cm³/mol. The molecule has 1 aromatic heterocycles. The number of nitrogens with one attached hydrogen (secondary N) is 1. The van der Waals surface area contributed by atoms with Crippen LogP contribution in [0.3, 0.4) is 0 Å². The zero-order valence-electron chi connectivity index (χ0n) is 12.2. The number of benzene rings is 2. The standard InChI is InChI=1S/C18H19N3/c1-2-20-18(17-10-11-19-13-21-17)12-15-8-5-7-14-6-3-4-9-16(14)15/h3-11,13,18,20H,2,12H2,1H3. The largest absolute Gasteiger partial charge is 0.309 e.